The minimum atomic E-state index is -0.762. The number of hydrogen-bond acceptors (Lipinski definition) is 3. The molecule has 0 saturated heterocycles. The third-order valence-electron chi connectivity index (χ3n) is 2.10. The lowest BCUT2D eigenvalue weighted by Gasteiger charge is -2.01. The van der Waals surface area contributed by atoms with Gasteiger partial charge in [-0.1, -0.05) is 6.07 Å². The molecule has 1 aliphatic heterocycles. The van der Waals surface area contributed by atoms with Crippen molar-refractivity contribution in [2.45, 2.75) is 12.8 Å². The first kappa shape index (κ1) is 8.87. The quantitative estimate of drug-likeness (QED) is 0.463. The lowest BCUT2D eigenvalue weighted by atomic mass is 10.0. The van der Waals surface area contributed by atoms with Crippen LogP contribution in [0.3, 0.4) is 0 Å². The number of fused-ring (bicyclic) bond motifs is 1. The lowest BCUT2D eigenvalue weighted by molar-refractivity contribution is -0.137. The van der Waals surface area contributed by atoms with Crippen molar-refractivity contribution >= 4 is 11.9 Å². The summed E-state index contributed by atoms with van der Waals surface area (Å²) in [4.78, 5) is 22.2. The van der Waals surface area contributed by atoms with Gasteiger partial charge in [0.2, 0.25) is 0 Å². The van der Waals surface area contributed by atoms with Gasteiger partial charge in [0.1, 0.15) is 5.82 Å². The molecule has 1 aromatic rings. The van der Waals surface area contributed by atoms with Crippen LogP contribution in [-0.2, 0) is 16.0 Å². The maximum Gasteiger partial charge on any atom is 0.346 e. The van der Waals surface area contributed by atoms with E-state index in [2.05, 4.69) is 4.74 Å². The largest absolute Gasteiger partial charge is 0.389 e. The van der Waals surface area contributed by atoms with Gasteiger partial charge < -0.3 is 4.74 Å². The van der Waals surface area contributed by atoms with E-state index in [1.54, 1.807) is 0 Å². The fraction of sp³-hybridized carbons (Fsp3) is 0.200. The topological polar surface area (TPSA) is 43.4 Å². The molecule has 0 spiro atoms. The van der Waals surface area contributed by atoms with Crippen molar-refractivity contribution < 1.29 is 18.7 Å². The fourth-order valence-electron chi connectivity index (χ4n) is 1.40. The highest BCUT2D eigenvalue weighted by Crippen LogP contribution is 2.18. The molecule has 14 heavy (non-hydrogen) atoms. The highest BCUT2D eigenvalue weighted by atomic mass is 19.1. The second kappa shape index (κ2) is 3.21. The summed E-state index contributed by atoms with van der Waals surface area (Å²) in [6.07, 6.45) is 0.574. The van der Waals surface area contributed by atoms with Gasteiger partial charge in [-0.25, -0.2) is 9.18 Å². The summed E-state index contributed by atoms with van der Waals surface area (Å²) in [5.74, 6) is -1.83. The van der Waals surface area contributed by atoms with Crippen molar-refractivity contribution in [2.24, 2.45) is 0 Å². The number of esters is 2. The predicted molar refractivity (Wildman–Crippen MR) is 45.1 cm³/mol. The molecular formula is C10H7FO3. The smallest absolute Gasteiger partial charge is 0.346 e. The van der Waals surface area contributed by atoms with E-state index in [1.807, 2.05) is 0 Å². The Morgan fingerprint density at radius 2 is 2.00 bits per heavy atom. The molecule has 0 amide bonds. The molecule has 0 atom stereocenters. The number of benzene rings is 1. The molecule has 0 aromatic heterocycles. The van der Waals surface area contributed by atoms with Gasteiger partial charge in [0.25, 0.3) is 0 Å². The average molecular weight is 194 g/mol. The van der Waals surface area contributed by atoms with Gasteiger partial charge in [-0.2, -0.15) is 0 Å². The monoisotopic (exact) mass is 194 g/mol. The number of carbonyl (C=O) groups excluding carboxylic acids is 2. The summed E-state index contributed by atoms with van der Waals surface area (Å²) >= 11 is 0. The van der Waals surface area contributed by atoms with Gasteiger partial charge in [0.15, 0.2) is 0 Å². The van der Waals surface area contributed by atoms with Crippen molar-refractivity contribution in [1.29, 1.82) is 0 Å². The van der Waals surface area contributed by atoms with Gasteiger partial charge in [-0.3, -0.25) is 4.79 Å². The molecule has 1 aliphatic rings. The van der Waals surface area contributed by atoms with Crippen molar-refractivity contribution in [1.82, 2.24) is 0 Å². The van der Waals surface area contributed by atoms with E-state index in [4.69, 9.17) is 0 Å². The van der Waals surface area contributed by atoms with Crippen LogP contribution >= 0.6 is 0 Å². The summed E-state index contributed by atoms with van der Waals surface area (Å²) in [5, 5.41) is 0. The van der Waals surface area contributed by atoms with E-state index in [9.17, 15) is 14.0 Å². The molecule has 1 heterocycles. The number of rotatable bonds is 0. The van der Waals surface area contributed by atoms with Gasteiger partial charge >= 0.3 is 11.9 Å². The van der Waals surface area contributed by atoms with Crippen LogP contribution in [0.15, 0.2) is 18.2 Å². The number of halogens is 1. The van der Waals surface area contributed by atoms with Gasteiger partial charge in [0.05, 0.1) is 12.0 Å². The van der Waals surface area contributed by atoms with Crippen LogP contribution in [0, 0.1) is 5.82 Å². The molecule has 0 saturated carbocycles. The van der Waals surface area contributed by atoms with Gasteiger partial charge in [-0.15, -0.1) is 0 Å². The molecule has 3 nitrogen and oxygen atoms in total. The summed E-state index contributed by atoms with van der Waals surface area (Å²) in [6.45, 7) is 0. The van der Waals surface area contributed by atoms with Crippen LogP contribution in [0.2, 0.25) is 0 Å². The highest BCUT2D eigenvalue weighted by Gasteiger charge is 2.21. The maximum atomic E-state index is 12.8. The molecule has 0 N–H and O–H groups in total. The van der Waals surface area contributed by atoms with Crippen LogP contribution < -0.4 is 0 Å². The van der Waals surface area contributed by atoms with Crippen LogP contribution in [-0.4, -0.2) is 11.9 Å². The Kier molecular flexibility index (Phi) is 2.04. The van der Waals surface area contributed by atoms with E-state index in [0.717, 1.165) is 6.07 Å². The molecule has 2 rings (SSSR count). The normalized spacial score (nSPS) is 15.8. The summed E-state index contributed by atoms with van der Waals surface area (Å²) in [6, 6.07) is 3.86. The Hall–Kier alpha value is -1.71. The molecule has 4 heteroatoms. The second-order valence-corrected chi connectivity index (χ2v) is 3.06. The summed E-state index contributed by atoms with van der Waals surface area (Å²) in [5.41, 5.74) is 0.804. The van der Waals surface area contributed by atoms with Crippen LogP contribution in [0.4, 0.5) is 4.39 Å². The first-order valence-electron chi connectivity index (χ1n) is 4.20. The molecular weight excluding hydrogens is 187 g/mol. The van der Waals surface area contributed by atoms with Gasteiger partial charge in [0, 0.05) is 0 Å². The fourth-order valence-corrected chi connectivity index (χ4v) is 1.40. The minimum Gasteiger partial charge on any atom is -0.389 e. The molecule has 0 bridgehead atoms. The predicted octanol–water partition coefficient (Wildman–Crippen LogP) is 1.46. The van der Waals surface area contributed by atoms with Gasteiger partial charge in [-0.05, 0) is 24.1 Å². The molecule has 0 unspecified atom stereocenters. The molecule has 0 radical (unpaired) electrons. The Labute approximate surface area is 79.5 Å². The zero-order valence-corrected chi connectivity index (χ0v) is 7.25. The SMILES string of the molecule is O=C1CCc2ccc(F)cc2C(=O)O1. The molecule has 72 valence electrons. The highest BCUT2D eigenvalue weighted by molar-refractivity contribution is 5.99. The molecule has 1 aromatic carbocycles. The Balaban J connectivity index is 2.49. The lowest BCUT2D eigenvalue weighted by Crippen LogP contribution is -2.09. The third kappa shape index (κ3) is 1.51. The van der Waals surface area contributed by atoms with Crippen LogP contribution in [0.5, 0.6) is 0 Å². The molecule has 0 fully saturated rings. The second-order valence-electron chi connectivity index (χ2n) is 3.06. The van der Waals surface area contributed by atoms with Crippen LogP contribution in [0.1, 0.15) is 22.3 Å². The zero-order chi connectivity index (χ0) is 10.1. The summed E-state index contributed by atoms with van der Waals surface area (Å²) in [7, 11) is 0. The van der Waals surface area contributed by atoms with E-state index in [0.29, 0.717) is 12.0 Å². The van der Waals surface area contributed by atoms with E-state index < -0.39 is 17.8 Å². The number of hydrogen-bond donors (Lipinski definition) is 0. The first-order valence-corrected chi connectivity index (χ1v) is 4.20. The van der Waals surface area contributed by atoms with Crippen LogP contribution in [0.25, 0.3) is 0 Å². The van der Waals surface area contributed by atoms with E-state index in [-0.39, 0.29) is 12.0 Å². The molecule has 0 aliphatic carbocycles. The Morgan fingerprint density at radius 1 is 1.21 bits per heavy atom. The van der Waals surface area contributed by atoms with Crippen molar-refractivity contribution in [2.75, 3.05) is 0 Å². The number of cyclic esters (lactones) is 2. The third-order valence-corrected chi connectivity index (χ3v) is 2.10. The number of carbonyl (C=O) groups is 2. The first-order chi connectivity index (χ1) is 6.66. The van der Waals surface area contributed by atoms with E-state index in [1.165, 1.54) is 12.1 Å². The van der Waals surface area contributed by atoms with Crippen molar-refractivity contribution in [3.05, 3.63) is 35.1 Å². The van der Waals surface area contributed by atoms with Crippen molar-refractivity contribution in [3.63, 3.8) is 0 Å². The number of aryl methyl sites for hydroxylation is 1. The standard InChI is InChI=1S/C10H7FO3/c11-7-3-1-6-2-4-9(12)14-10(13)8(6)5-7/h1,3,5H,2,4H2. The maximum absolute atomic E-state index is 12.8. The minimum absolute atomic E-state index is 0.149. The Bertz CT molecular complexity index is 412. The number of ether oxygens (including phenoxy) is 1. The Morgan fingerprint density at radius 3 is 2.79 bits per heavy atom. The zero-order valence-electron chi connectivity index (χ0n) is 7.25. The van der Waals surface area contributed by atoms with Crippen molar-refractivity contribution in [3.8, 4) is 0 Å². The average Bonchev–Trinajstić information content (AvgIpc) is 2.27. The van der Waals surface area contributed by atoms with E-state index >= 15 is 0 Å². The summed E-state index contributed by atoms with van der Waals surface area (Å²) < 4.78 is 17.3.